The van der Waals surface area contributed by atoms with Gasteiger partial charge in [-0.1, -0.05) is 25.7 Å². The van der Waals surface area contributed by atoms with Crippen LogP contribution in [0, 0.1) is 0 Å². The van der Waals surface area contributed by atoms with Crippen LogP contribution >= 0.6 is 0 Å². The highest BCUT2D eigenvalue weighted by molar-refractivity contribution is 6.76. The normalized spacial score (nSPS) is 26.3. The quantitative estimate of drug-likeness (QED) is 0.436. The summed E-state index contributed by atoms with van der Waals surface area (Å²) >= 11 is 0. The number of hydrogen-bond acceptors (Lipinski definition) is 1. The molecule has 0 radical (unpaired) electrons. The van der Waals surface area contributed by atoms with Crippen LogP contribution in [-0.2, 0) is 4.74 Å². The van der Waals surface area contributed by atoms with Gasteiger partial charge in [-0.3, -0.25) is 0 Å². The van der Waals surface area contributed by atoms with Crippen molar-refractivity contribution in [3.05, 3.63) is 0 Å². The highest BCUT2D eigenvalue weighted by atomic mass is 28.3. The van der Waals surface area contributed by atoms with E-state index in [0.717, 1.165) is 6.61 Å². The molecule has 1 aliphatic rings. The minimum Gasteiger partial charge on any atom is -0.373 e. The molecule has 1 saturated heterocycles. The Labute approximate surface area is 58.4 Å². The van der Waals surface area contributed by atoms with Gasteiger partial charge in [-0.2, -0.15) is 0 Å². The molecule has 1 nitrogen and oxygen atoms in total. The molecule has 1 atom stereocenters. The summed E-state index contributed by atoms with van der Waals surface area (Å²) in [4.78, 5) is 0. The van der Waals surface area contributed by atoms with Gasteiger partial charge < -0.3 is 4.74 Å². The van der Waals surface area contributed by atoms with E-state index in [1.807, 2.05) is 0 Å². The van der Waals surface area contributed by atoms with Crippen LogP contribution in [0.2, 0.25) is 25.7 Å². The molecule has 2 heteroatoms. The third kappa shape index (κ3) is 3.70. The van der Waals surface area contributed by atoms with Crippen LogP contribution in [0.1, 0.15) is 6.42 Å². The molecule has 0 bridgehead atoms. The number of epoxide rings is 1. The zero-order valence-electron chi connectivity index (χ0n) is 6.61. The molecule has 0 N–H and O–H groups in total. The van der Waals surface area contributed by atoms with Gasteiger partial charge in [-0.25, -0.2) is 0 Å². The molecule has 0 aliphatic carbocycles. The largest absolute Gasteiger partial charge is 0.373 e. The van der Waals surface area contributed by atoms with Crippen molar-refractivity contribution in [2.75, 3.05) is 6.61 Å². The summed E-state index contributed by atoms with van der Waals surface area (Å²) < 4.78 is 5.13. The van der Waals surface area contributed by atoms with Gasteiger partial charge in [-0.15, -0.1) is 0 Å². The Morgan fingerprint density at radius 2 is 2.00 bits per heavy atom. The van der Waals surface area contributed by atoms with Crippen LogP contribution in [0.5, 0.6) is 0 Å². The van der Waals surface area contributed by atoms with Gasteiger partial charge in [0.25, 0.3) is 0 Å². The van der Waals surface area contributed by atoms with E-state index in [9.17, 15) is 0 Å². The first kappa shape index (κ1) is 7.29. The van der Waals surface area contributed by atoms with Crippen molar-refractivity contribution in [3.8, 4) is 0 Å². The minimum absolute atomic E-state index is 0.650. The van der Waals surface area contributed by atoms with E-state index < -0.39 is 8.07 Å². The van der Waals surface area contributed by atoms with Crippen molar-refractivity contribution in [2.24, 2.45) is 0 Å². The Balaban J connectivity index is 2.03. The van der Waals surface area contributed by atoms with Crippen molar-refractivity contribution in [3.63, 3.8) is 0 Å². The molecule has 0 aromatic carbocycles. The molecule has 0 spiro atoms. The van der Waals surface area contributed by atoms with Gasteiger partial charge in [0, 0.05) is 8.07 Å². The van der Waals surface area contributed by atoms with Crippen molar-refractivity contribution >= 4 is 8.07 Å². The molecule has 0 amide bonds. The second-order valence-corrected chi connectivity index (χ2v) is 9.68. The summed E-state index contributed by atoms with van der Waals surface area (Å²) in [7, 11) is -0.760. The van der Waals surface area contributed by atoms with E-state index >= 15 is 0 Å². The fraction of sp³-hybridized carbons (Fsp3) is 1.00. The van der Waals surface area contributed by atoms with Crippen LogP contribution in [0.4, 0.5) is 0 Å². The lowest BCUT2D eigenvalue weighted by atomic mass is 10.4. The third-order valence-corrected chi connectivity index (χ3v) is 3.41. The van der Waals surface area contributed by atoms with Crippen molar-refractivity contribution in [2.45, 2.75) is 38.2 Å². The van der Waals surface area contributed by atoms with Crippen LogP contribution in [0.15, 0.2) is 0 Å². The monoisotopic (exact) mass is 144 g/mol. The van der Waals surface area contributed by atoms with Gasteiger partial charge in [-0.05, 0) is 6.42 Å². The highest BCUT2D eigenvalue weighted by Crippen LogP contribution is 2.20. The lowest BCUT2D eigenvalue weighted by Crippen LogP contribution is -2.19. The Bertz CT molecular complexity index is 91.6. The SMILES string of the molecule is C[Si](C)(C)CCC1CO1. The molecule has 0 aromatic heterocycles. The second kappa shape index (κ2) is 2.43. The van der Waals surface area contributed by atoms with Crippen LogP contribution in [0.3, 0.4) is 0 Å². The van der Waals surface area contributed by atoms with Gasteiger partial charge in [0.15, 0.2) is 0 Å². The molecule has 1 aliphatic heterocycles. The van der Waals surface area contributed by atoms with Crippen LogP contribution in [0.25, 0.3) is 0 Å². The Hall–Kier alpha value is 0.177. The standard InChI is InChI=1S/C7H16OSi/c1-9(2,3)5-4-7-6-8-7/h7H,4-6H2,1-3H3. The third-order valence-electron chi connectivity index (χ3n) is 1.62. The molecule has 1 rings (SSSR count). The van der Waals surface area contributed by atoms with E-state index in [1.165, 1.54) is 12.5 Å². The molecule has 0 aromatic rings. The van der Waals surface area contributed by atoms with Gasteiger partial charge in [0.05, 0.1) is 12.7 Å². The van der Waals surface area contributed by atoms with Crippen LogP contribution in [-0.4, -0.2) is 20.8 Å². The Morgan fingerprint density at radius 3 is 2.33 bits per heavy atom. The first-order chi connectivity index (χ1) is 4.08. The van der Waals surface area contributed by atoms with Gasteiger partial charge in [0.2, 0.25) is 0 Å². The number of hydrogen-bond donors (Lipinski definition) is 0. The predicted octanol–water partition coefficient (Wildman–Crippen LogP) is 2.11. The molecule has 54 valence electrons. The van der Waals surface area contributed by atoms with Crippen molar-refractivity contribution in [1.29, 1.82) is 0 Å². The van der Waals surface area contributed by atoms with E-state index in [1.54, 1.807) is 0 Å². The Morgan fingerprint density at radius 1 is 1.44 bits per heavy atom. The van der Waals surface area contributed by atoms with Gasteiger partial charge in [0.1, 0.15) is 0 Å². The van der Waals surface area contributed by atoms with Gasteiger partial charge >= 0.3 is 0 Å². The van der Waals surface area contributed by atoms with Crippen molar-refractivity contribution in [1.82, 2.24) is 0 Å². The summed E-state index contributed by atoms with van der Waals surface area (Å²) in [5, 5.41) is 0. The zero-order chi connectivity index (χ0) is 6.91. The van der Waals surface area contributed by atoms with Crippen LogP contribution < -0.4 is 0 Å². The topological polar surface area (TPSA) is 12.5 Å². The summed E-state index contributed by atoms with van der Waals surface area (Å²) in [5.41, 5.74) is 0. The molecule has 9 heavy (non-hydrogen) atoms. The second-order valence-electron chi connectivity index (χ2n) is 4.05. The van der Waals surface area contributed by atoms with E-state index in [2.05, 4.69) is 19.6 Å². The summed E-state index contributed by atoms with van der Waals surface area (Å²) in [6.45, 7) is 8.27. The average molecular weight is 144 g/mol. The van der Waals surface area contributed by atoms with E-state index in [-0.39, 0.29) is 0 Å². The minimum atomic E-state index is -0.760. The zero-order valence-corrected chi connectivity index (χ0v) is 7.61. The first-order valence-corrected chi connectivity index (χ1v) is 7.40. The molecule has 1 heterocycles. The molecule has 1 fully saturated rings. The summed E-state index contributed by atoms with van der Waals surface area (Å²) in [6, 6.07) is 1.43. The maximum absolute atomic E-state index is 5.13. The van der Waals surface area contributed by atoms with E-state index in [4.69, 9.17) is 4.74 Å². The maximum atomic E-state index is 5.13. The summed E-state index contributed by atoms with van der Waals surface area (Å²) in [6.07, 6.45) is 1.96. The number of ether oxygens (including phenoxy) is 1. The fourth-order valence-electron chi connectivity index (χ4n) is 0.829. The lowest BCUT2D eigenvalue weighted by molar-refractivity contribution is 0.402. The maximum Gasteiger partial charge on any atom is 0.0807 e. The summed E-state index contributed by atoms with van der Waals surface area (Å²) in [5.74, 6) is 0. The fourth-order valence-corrected chi connectivity index (χ4v) is 2.02. The smallest absolute Gasteiger partial charge is 0.0807 e. The first-order valence-electron chi connectivity index (χ1n) is 3.69. The Kier molecular flexibility index (Phi) is 1.96. The molecule has 0 saturated carbocycles. The average Bonchev–Trinajstić information content (AvgIpc) is 2.38. The van der Waals surface area contributed by atoms with Crippen molar-refractivity contribution < 1.29 is 4.74 Å². The highest BCUT2D eigenvalue weighted by Gasteiger charge is 2.24. The van der Waals surface area contributed by atoms with E-state index in [0.29, 0.717) is 6.10 Å². The predicted molar refractivity (Wildman–Crippen MR) is 42.5 cm³/mol. The number of rotatable bonds is 3. The lowest BCUT2D eigenvalue weighted by Gasteiger charge is -2.13. The molecular formula is C7H16OSi. The molecular weight excluding hydrogens is 128 g/mol. The molecule has 1 unspecified atom stereocenters.